The van der Waals surface area contributed by atoms with Crippen LogP contribution in [0.1, 0.15) is 53.3 Å². The van der Waals surface area contributed by atoms with Gasteiger partial charge in [0.05, 0.1) is 25.4 Å². The SMILES string of the molecule is C=CC[C@H]1[C@H](N2CCN(C(=O)OCc3ccccc3)CC2)CN1c1nc(N2CCC(c3c(C)cnn3CCOC)CC2)nc(C(F)(F)F)c1C=C. The average Bonchev–Trinajstić information content (AvgIpc) is 3.51. The van der Waals surface area contributed by atoms with Gasteiger partial charge in [-0.3, -0.25) is 9.58 Å². The van der Waals surface area contributed by atoms with Gasteiger partial charge in [0.15, 0.2) is 5.69 Å². The van der Waals surface area contributed by atoms with Gasteiger partial charge < -0.3 is 24.2 Å². The maximum atomic E-state index is 14.6. The molecule has 0 radical (unpaired) electrons. The van der Waals surface area contributed by atoms with Crippen molar-refractivity contribution in [2.45, 2.75) is 63.5 Å². The third-order valence-corrected chi connectivity index (χ3v) is 10.3. The van der Waals surface area contributed by atoms with Crippen molar-refractivity contribution in [3.63, 3.8) is 0 Å². The minimum atomic E-state index is -4.69. The van der Waals surface area contributed by atoms with Gasteiger partial charge in [-0.15, -0.1) is 6.58 Å². The summed E-state index contributed by atoms with van der Waals surface area (Å²) in [5.74, 6) is 0.535. The predicted molar refractivity (Wildman–Crippen MR) is 190 cm³/mol. The monoisotopic (exact) mass is 708 g/mol. The van der Waals surface area contributed by atoms with Crippen LogP contribution in [0.5, 0.6) is 0 Å². The van der Waals surface area contributed by atoms with Gasteiger partial charge in [0.1, 0.15) is 12.4 Å². The quantitative estimate of drug-likeness (QED) is 0.218. The number of halogens is 3. The summed E-state index contributed by atoms with van der Waals surface area (Å²) in [5.41, 5.74) is 2.08. The van der Waals surface area contributed by atoms with Gasteiger partial charge in [-0.2, -0.15) is 23.3 Å². The Balaban J connectivity index is 1.16. The van der Waals surface area contributed by atoms with Gasteiger partial charge in [0.2, 0.25) is 5.95 Å². The van der Waals surface area contributed by atoms with E-state index in [4.69, 9.17) is 14.5 Å². The topological polar surface area (TPSA) is 92.1 Å². The predicted octanol–water partition coefficient (Wildman–Crippen LogP) is 5.76. The van der Waals surface area contributed by atoms with E-state index in [1.54, 1.807) is 18.1 Å². The van der Waals surface area contributed by atoms with Crippen molar-refractivity contribution in [2.24, 2.45) is 0 Å². The first-order valence-corrected chi connectivity index (χ1v) is 17.6. The molecule has 3 aromatic rings. The highest BCUT2D eigenvalue weighted by Crippen LogP contribution is 2.41. The van der Waals surface area contributed by atoms with Crippen LogP contribution < -0.4 is 9.80 Å². The highest BCUT2D eigenvalue weighted by Gasteiger charge is 2.46. The Morgan fingerprint density at radius 1 is 1.04 bits per heavy atom. The second-order valence-corrected chi connectivity index (χ2v) is 13.4. The number of hydrogen-bond acceptors (Lipinski definition) is 9. The van der Waals surface area contributed by atoms with Crippen molar-refractivity contribution in [1.29, 1.82) is 0 Å². The minimum absolute atomic E-state index is 0.0536. The van der Waals surface area contributed by atoms with Crippen LogP contribution in [0.2, 0.25) is 0 Å². The van der Waals surface area contributed by atoms with Crippen LogP contribution in [0, 0.1) is 6.92 Å². The fourth-order valence-electron chi connectivity index (χ4n) is 7.57. The number of methoxy groups -OCH3 is 1. The standard InChI is InChI=1S/C37H47F3N8O3/c1-5-10-30-31(44-17-19-46(20-18-44)36(49)51-25-27-11-8-7-9-12-27)24-47(30)34-29(6-2)33(37(38,39)40)42-35(43-34)45-15-13-28(14-16-45)32-26(3)23-41-48(32)21-22-50-4/h5-9,11-12,23,28,30-31H,1-2,10,13-22,24-25H2,3-4H3/t30-,31+/m0/s1. The Labute approximate surface area is 297 Å². The minimum Gasteiger partial charge on any atom is -0.445 e. The number of carbonyl (C=O) groups is 1. The molecule has 0 unspecified atom stereocenters. The molecule has 6 rings (SSSR count). The van der Waals surface area contributed by atoms with Crippen molar-refractivity contribution in [2.75, 3.05) is 69.3 Å². The normalized spacial score (nSPS) is 20.3. The molecule has 2 atom stereocenters. The van der Waals surface area contributed by atoms with Gasteiger partial charge >= 0.3 is 12.3 Å². The van der Waals surface area contributed by atoms with E-state index in [-0.39, 0.29) is 48.0 Å². The number of piperidine rings is 1. The Kier molecular flexibility index (Phi) is 11.3. The highest BCUT2D eigenvalue weighted by molar-refractivity contribution is 5.69. The lowest BCUT2D eigenvalue weighted by Gasteiger charge is -2.55. The van der Waals surface area contributed by atoms with Gasteiger partial charge in [0, 0.05) is 76.1 Å². The van der Waals surface area contributed by atoms with Crippen molar-refractivity contribution >= 4 is 23.9 Å². The van der Waals surface area contributed by atoms with E-state index in [9.17, 15) is 18.0 Å². The Bertz CT molecular complexity index is 1670. The molecule has 274 valence electrons. The second kappa shape index (κ2) is 15.9. The molecule has 0 N–H and O–H groups in total. The number of aromatic nitrogens is 4. The Morgan fingerprint density at radius 3 is 2.41 bits per heavy atom. The van der Waals surface area contributed by atoms with E-state index < -0.39 is 11.9 Å². The molecular formula is C37H47F3N8O3. The number of anilines is 2. The number of nitrogens with zero attached hydrogens (tertiary/aromatic N) is 8. The van der Waals surface area contributed by atoms with Crippen LogP contribution in [0.25, 0.3) is 6.08 Å². The van der Waals surface area contributed by atoms with Crippen LogP contribution >= 0.6 is 0 Å². The molecule has 3 fully saturated rings. The smallest absolute Gasteiger partial charge is 0.434 e. The van der Waals surface area contributed by atoms with Gasteiger partial charge in [-0.1, -0.05) is 49.1 Å². The summed E-state index contributed by atoms with van der Waals surface area (Å²) in [6.07, 6.45) is 1.86. The fraction of sp³-hybridized carbons (Fsp3) is 0.514. The number of amides is 1. The van der Waals surface area contributed by atoms with E-state index in [2.05, 4.69) is 28.1 Å². The molecular weight excluding hydrogens is 661 g/mol. The first kappa shape index (κ1) is 36.4. The van der Waals surface area contributed by atoms with E-state index in [1.165, 1.54) is 6.08 Å². The molecule has 1 aromatic carbocycles. The summed E-state index contributed by atoms with van der Waals surface area (Å²) >= 11 is 0. The number of rotatable bonds is 12. The summed E-state index contributed by atoms with van der Waals surface area (Å²) in [5, 5.41) is 4.53. The summed E-state index contributed by atoms with van der Waals surface area (Å²) in [4.78, 5) is 29.5. The maximum absolute atomic E-state index is 14.6. The van der Waals surface area contributed by atoms with Crippen LogP contribution in [0.3, 0.4) is 0 Å². The molecule has 51 heavy (non-hydrogen) atoms. The van der Waals surface area contributed by atoms with E-state index in [0.717, 1.165) is 29.7 Å². The maximum Gasteiger partial charge on any atom is 0.434 e. The average molecular weight is 709 g/mol. The largest absolute Gasteiger partial charge is 0.445 e. The molecule has 0 aliphatic carbocycles. The number of ether oxygens (including phenoxy) is 2. The van der Waals surface area contributed by atoms with E-state index in [0.29, 0.717) is 65.4 Å². The number of hydrogen-bond donors (Lipinski definition) is 0. The highest BCUT2D eigenvalue weighted by atomic mass is 19.4. The van der Waals surface area contributed by atoms with Crippen molar-refractivity contribution < 1.29 is 27.4 Å². The summed E-state index contributed by atoms with van der Waals surface area (Å²) in [6, 6.07) is 9.45. The zero-order valence-corrected chi connectivity index (χ0v) is 29.4. The lowest BCUT2D eigenvalue weighted by molar-refractivity contribution is -0.141. The molecule has 1 amide bonds. The fourth-order valence-corrected chi connectivity index (χ4v) is 7.57. The van der Waals surface area contributed by atoms with E-state index in [1.807, 2.05) is 57.9 Å². The van der Waals surface area contributed by atoms with Gasteiger partial charge in [0.25, 0.3) is 0 Å². The second-order valence-electron chi connectivity index (χ2n) is 13.4. The molecule has 5 heterocycles. The Hall–Kier alpha value is -4.43. The third kappa shape index (κ3) is 7.91. The molecule has 14 heteroatoms. The molecule has 11 nitrogen and oxygen atoms in total. The van der Waals surface area contributed by atoms with Crippen LogP contribution in [-0.2, 0) is 28.8 Å². The first-order chi connectivity index (χ1) is 24.6. The Morgan fingerprint density at radius 2 is 1.76 bits per heavy atom. The third-order valence-electron chi connectivity index (χ3n) is 10.3. The molecule has 0 spiro atoms. The van der Waals surface area contributed by atoms with Crippen LogP contribution in [0.15, 0.2) is 55.8 Å². The number of piperazine rings is 1. The zero-order valence-electron chi connectivity index (χ0n) is 29.4. The molecule has 0 bridgehead atoms. The molecule has 2 aromatic heterocycles. The van der Waals surface area contributed by atoms with Gasteiger partial charge in [-0.05, 0) is 37.3 Å². The van der Waals surface area contributed by atoms with Crippen molar-refractivity contribution in [1.82, 2.24) is 29.5 Å². The van der Waals surface area contributed by atoms with Crippen LogP contribution in [0.4, 0.5) is 29.7 Å². The number of benzene rings is 1. The molecule has 3 saturated heterocycles. The molecule has 3 aliphatic rings. The lowest BCUT2D eigenvalue weighted by Crippen LogP contribution is -2.69. The molecule has 3 aliphatic heterocycles. The summed E-state index contributed by atoms with van der Waals surface area (Å²) in [6.45, 7) is 14.9. The number of carbonyl (C=O) groups excluding carboxylic acids is 1. The molecule has 0 saturated carbocycles. The first-order valence-electron chi connectivity index (χ1n) is 17.6. The van der Waals surface area contributed by atoms with Crippen molar-refractivity contribution in [3.05, 3.63) is 83.8 Å². The number of aryl methyl sites for hydroxylation is 1. The van der Waals surface area contributed by atoms with Crippen LogP contribution in [-0.4, -0.2) is 107 Å². The summed E-state index contributed by atoms with van der Waals surface area (Å²) < 4.78 is 56.5. The zero-order chi connectivity index (χ0) is 36.1. The van der Waals surface area contributed by atoms with E-state index >= 15 is 0 Å². The summed E-state index contributed by atoms with van der Waals surface area (Å²) in [7, 11) is 1.66. The lowest BCUT2D eigenvalue weighted by atomic mass is 9.90. The van der Waals surface area contributed by atoms with Gasteiger partial charge in [-0.25, -0.2) is 9.78 Å². The van der Waals surface area contributed by atoms with Crippen molar-refractivity contribution in [3.8, 4) is 0 Å². The number of alkyl halides is 3.